The topological polar surface area (TPSA) is 34.1 Å². The van der Waals surface area contributed by atoms with Gasteiger partial charge in [-0.3, -0.25) is 9.59 Å². The molecule has 4 aromatic carbocycles. The molecule has 4 rings (SSSR count). The summed E-state index contributed by atoms with van der Waals surface area (Å²) in [5.41, 5.74) is 0.604. The number of benzene rings is 4. The molecule has 154 valence electrons. The zero-order valence-corrected chi connectivity index (χ0v) is 18.4. The summed E-state index contributed by atoms with van der Waals surface area (Å²) in [5, 5.41) is 4.19. The average Bonchev–Trinajstić information content (AvgIpc) is 2.82. The predicted octanol–water partition coefficient (Wildman–Crippen LogP) is 5.29. The predicted molar refractivity (Wildman–Crippen MR) is 131 cm³/mol. The van der Waals surface area contributed by atoms with Crippen LogP contribution in [0.25, 0.3) is 0 Å². The quantitative estimate of drug-likeness (QED) is 0.239. The molecular weight excluding hydrogens is 399 g/mol. The van der Waals surface area contributed by atoms with Crippen LogP contribution in [0.4, 0.5) is 0 Å². The number of rotatable bonds is 6. The molecular formula is C28H25O2P. The maximum atomic E-state index is 11.2. The molecule has 4 aromatic rings. The zero-order valence-electron chi connectivity index (χ0n) is 17.5. The Morgan fingerprint density at radius 2 is 0.871 bits per heavy atom. The van der Waals surface area contributed by atoms with Gasteiger partial charge < -0.3 is 0 Å². The third kappa shape index (κ3) is 6.84. The minimum Gasteiger partial charge on any atom is -0.300 e. The highest BCUT2D eigenvalue weighted by atomic mass is 31.1. The van der Waals surface area contributed by atoms with Gasteiger partial charge in [-0.1, -0.05) is 121 Å². The molecule has 0 bridgehead atoms. The lowest BCUT2D eigenvalue weighted by Crippen LogP contribution is -2.20. The van der Waals surface area contributed by atoms with Crippen LogP contribution in [-0.2, 0) is 4.79 Å². The van der Waals surface area contributed by atoms with E-state index in [1.807, 2.05) is 6.07 Å². The lowest BCUT2D eigenvalue weighted by Gasteiger charge is -2.18. The van der Waals surface area contributed by atoms with Crippen molar-refractivity contribution in [2.75, 3.05) is 0 Å². The zero-order chi connectivity index (χ0) is 21.9. The van der Waals surface area contributed by atoms with E-state index in [1.54, 1.807) is 24.3 Å². The van der Waals surface area contributed by atoms with Crippen LogP contribution in [0.5, 0.6) is 0 Å². The Balaban J connectivity index is 0.000000196. The molecule has 0 aliphatic rings. The minimum absolute atomic E-state index is 0.00398. The molecule has 0 fully saturated rings. The first-order valence-corrected chi connectivity index (χ1v) is 11.5. The molecule has 0 unspecified atom stereocenters. The monoisotopic (exact) mass is 424 g/mol. The highest BCUT2D eigenvalue weighted by Crippen LogP contribution is 2.32. The largest absolute Gasteiger partial charge is 0.300 e. The molecule has 0 heterocycles. The summed E-state index contributed by atoms with van der Waals surface area (Å²) in [4.78, 5) is 21.8. The van der Waals surface area contributed by atoms with Crippen molar-refractivity contribution >= 4 is 35.4 Å². The van der Waals surface area contributed by atoms with E-state index in [2.05, 4.69) is 91.0 Å². The third-order valence-corrected chi connectivity index (χ3v) is 6.99. The van der Waals surface area contributed by atoms with Crippen LogP contribution >= 0.6 is 7.92 Å². The Morgan fingerprint density at radius 1 is 0.548 bits per heavy atom. The molecule has 0 aliphatic heterocycles. The minimum atomic E-state index is -0.446. The van der Waals surface area contributed by atoms with Gasteiger partial charge in [0.15, 0.2) is 5.78 Å². The Bertz CT molecular complexity index is 985. The summed E-state index contributed by atoms with van der Waals surface area (Å²) < 4.78 is 0. The molecule has 0 aliphatic carbocycles. The number of carbonyl (C=O) groups is 2. The van der Waals surface area contributed by atoms with Gasteiger partial charge in [-0.05, 0) is 30.8 Å². The van der Waals surface area contributed by atoms with Crippen LogP contribution in [0.3, 0.4) is 0 Å². The molecule has 0 spiro atoms. The Labute approximate surface area is 185 Å². The second kappa shape index (κ2) is 11.7. The van der Waals surface area contributed by atoms with E-state index >= 15 is 0 Å². The normalized spacial score (nSPS) is 10.1. The van der Waals surface area contributed by atoms with Crippen LogP contribution in [-0.4, -0.2) is 11.6 Å². The van der Waals surface area contributed by atoms with E-state index in [-0.39, 0.29) is 18.0 Å². The maximum Gasteiger partial charge on any atom is 0.170 e. The van der Waals surface area contributed by atoms with Gasteiger partial charge in [-0.25, -0.2) is 0 Å². The average molecular weight is 424 g/mol. The summed E-state index contributed by atoms with van der Waals surface area (Å²) in [5.74, 6) is -0.202. The molecule has 0 radical (unpaired) electrons. The standard InChI is InChI=1S/C18H15P.C10H10O2/c1-4-10-16(11-5-1)19(17-12-6-2-7-13-17)18-14-8-3-9-15-18;1-8(11)7-10(12)9-5-3-2-4-6-9/h1-15H;2-6H,7H2,1H3. The SMILES string of the molecule is CC(=O)CC(=O)c1ccccc1.c1ccc(P(c2ccccc2)c2ccccc2)cc1. The Hall–Kier alpha value is -3.35. The van der Waals surface area contributed by atoms with Crippen molar-refractivity contribution in [3.8, 4) is 0 Å². The maximum absolute atomic E-state index is 11.2. The van der Waals surface area contributed by atoms with Gasteiger partial charge in [0.05, 0.1) is 6.42 Å². The van der Waals surface area contributed by atoms with E-state index < -0.39 is 7.92 Å². The second-order valence-electron chi connectivity index (χ2n) is 7.01. The molecule has 3 heteroatoms. The summed E-state index contributed by atoms with van der Waals surface area (Å²) in [6, 6.07) is 41.2. The van der Waals surface area contributed by atoms with E-state index in [1.165, 1.54) is 22.8 Å². The van der Waals surface area contributed by atoms with Crippen molar-refractivity contribution in [1.82, 2.24) is 0 Å². The first-order valence-electron chi connectivity index (χ1n) is 10.2. The van der Waals surface area contributed by atoms with Crippen molar-refractivity contribution in [2.45, 2.75) is 13.3 Å². The molecule has 0 aromatic heterocycles. The molecule has 0 atom stereocenters. The van der Waals surface area contributed by atoms with Crippen LogP contribution in [0.2, 0.25) is 0 Å². The number of hydrogen-bond donors (Lipinski definition) is 0. The Morgan fingerprint density at radius 3 is 1.19 bits per heavy atom. The van der Waals surface area contributed by atoms with Gasteiger partial charge in [0, 0.05) is 5.56 Å². The van der Waals surface area contributed by atoms with E-state index in [0.717, 1.165) is 0 Å². The van der Waals surface area contributed by atoms with Crippen molar-refractivity contribution in [3.05, 3.63) is 127 Å². The highest BCUT2D eigenvalue weighted by molar-refractivity contribution is 7.79. The van der Waals surface area contributed by atoms with Gasteiger partial charge in [0.25, 0.3) is 0 Å². The molecule has 0 amide bonds. The fourth-order valence-corrected chi connectivity index (χ4v) is 5.44. The second-order valence-corrected chi connectivity index (χ2v) is 9.23. The van der Waals surface area contributed by atoms with Crippen LogP contribution in [0.15, 0.2) is 121 Å². The smallest absolute Gasteiger partial charge is 0.170 e. The lowest BCUT2D eigenvalue weighted by molar-refractivity contribution is -0.116. The number of ketones is 2. The first-order chi connectivity index (χ1) is 15.1. The fourth-order valence-electron chi connectivity index (χ4n) is 3.13. The first kappa shape index (κ1) is 22.3. The molecule has 31 heavy (non-hydrogen) atoms. The summed E-state index contributed by atoms with van der Waals surface area (Å²) in [7, 11) is -0.446. The summed E-state index contributed by atoms with van der Waals surface area (Å²) in [6.45, 7) is 1.42. The van der Waals surface area contributed by atoms with Gasteiger partial charge in [0.2, 0.25) is 0 Å². The van der Waals surface area contributed by atoms with Crippen molar-refractivity contribution in [2.24, 2.45) is 0 Å². The number of Topliss-reactive ketones (excluding diaryl/α,β-unsaturated/α-hetero) is 2. The van der Waals surface area contributed by atoms with Crippen molar-refractivity contribution in [3.63, 3.8) is 0 Å². The summed E-state index contributed by atoms with van der Waals surface area (Å²) in [6.07, 6.45) is 0.00398. The van der Waals surface area contributed by atoms with Crippen molar-refractivity contribution in [1.29, 1.82) is 0 Å². The van der Waals surface area contributed by atoms with Gasteiger partial charge in [0.1, 0.15) is 5.78 Å². The Kier molecular flexibility index (Phi) is 8.46. The van der Waals surface area contributed by atoms with E-state index in [0.29, 0.717) is 5.56 Å². The fraction of sp³-hybridized carbons (Fsp3) is 0.0714. The van der Waals surface area contributed by atoms with Gasteiger partial charge >= 0.3 is 0 Å². The lowest BCUT2D eigenvalue weighted by atomic mass is 10.1. The van der Waals surface area contributed by atoms with Gasteiger partial charge in [-0.2, -0.15) is 0 Å². The molecule has 0 saturated heterocycles. The van der Waals surface area contributed by atoms with E-state index in [4.69, 9.17) is 0 Å². The number of hydrogen-bond acceptors (Lipinski definition) is 2. The highest BCUT2D eigenvalue weighted by Gasteiger charge is 2.15. The third-order valence-electron chi connectivity index (χ3n) is 4.55. The van der Waals surface area contributed by atoms with Crippen LogP contribution in [0.1, 0.15) is 23.7 Å². The van der Waals surface area contributed by atoms with Crippen LogP contribution in [0, 0.1) is 0 Å². The summed E-state index contributed by atoms with van der Waals surface area (Å²) >= 11 is 0. The van der Waals surface area contributed by atoms with Crippen LogP contribution < -0.4 is 15.9 Å². The van der Waals surface area contributed by atoms with E-state index in [9.17, 15) is 9.59 Å². The molecule has 0 N–H and O–H groups in total. The van der Waals surface area contributed by atoms with Crippen molar-refractivity contribution < 1.29 is 9.59 Å². The molecule has 2 nitrogen and oxygen atoms in total. The molecule has 0 saturated carbocycles. The van der Waals surface area contributed by atoms with Gasteiger partial charge in [-0.15, -0.1) is 0 Å². The number of carbonyl (C=O) groups excluding carboxylic acids is 2.